The van der Waals surface area contributed by atoms with Crippen LogP contribution in [0.1, 0.15) is 69.2 Å². The molecule has 4 heteroatoms. The van der Waals surface area contributed by atoms with Gasteiger partial charge in [-0.1, -0.05) is 79.2 Å². The van der Waals surface area contributed by atoms with Gasteiger partial charge in [0.05, 0.1) is 5.41 Å². The van der Waals surface area contributed by atoms with Gasteiger partial charge in [0.1, 0.15) is 6.61 Å². The molecule has 210 valence electrons. The molecule has 4 rings (SSSR count). The lowest BCUT2D eigenvalue weighted by Crippen LogP contribution is -2.27. The molecule has 0 amide bonds. The third kappa shape index (κ3) is 6.50. The number of esters is 1. The van der Waals surface area contributed by atoms with Crippen molar-refractivity contribution < 1.29 is 9.53 Å². The summed E-state index contributed by atoms with van der Waals surface area (Å²) in [5, 5.41) is 5.90. The molecule has 0 radical (unpaired) electrons. The molecule has 0 aliphatic rings. The van der Waals surface area contributed by atoms with Crippen LogP contribution in [0.4, 0.5) is 11.4 Å². The van der Waals surface area contributed by atoms with Crippen LogP contribution in [0.5, 0.6) is 0 Å². The Morgan fingerprint density at radius 2 is 1.43 bits per heavy atom. The van der Waals surface area contributed by atoms with Gasteiger partial charge in [0.15, 0.2) is 0 Å². The molecule has 0 aliphatic carbocycles. The number of nitrogens with zero attached hydrogens (tertiary/aromatic N) is 1. The van der Waals surface area contributed by atoms with Gasteiger partial charge in [-0.2, -0.15) is 0 Å². The largest absolute Gasteiger partial charge is 0.463 e. The number of carbonyl (C=O) groups is 1. The average Bonchev–Trinajstić information content (AvgIpc) is 2.98. The molecule has 0 heterocycles. The fourth-order valence-electron chi connectivity index (χ4n) is 5.17. The predicted octanol–water partition coefficient (Wildman–Crippen LogP) is 8.57. The van der Waals surface area contributed by atoms with Crippen LogP contribution in [0.25, 0.3) is 10.8 Å². The third-order valence-corrected chi connectivity index (χ3v) is 8.12. The van der Waals surface area contributed by atoms with E-state index in [4.69, 9.17) is 4.74 Å². The zero-order chi connectivity index (χ0) is 28.7. The Labute approximate surface area is 240 Å². The number of carbonyl (C=O) groups excluding carboxylic acids is 1. The van der Waals surface area contributed by atoms with Crippen LogP contribution in [0.3, 0.4) is 0 Å². The quantitative estimate of drug-likeness (QED) is 0.112. The maximum absolute atomic E-state index is 12.4. The number of rotatable bonds is 12. The maximum Gasteiger partial charge on any atom is 0.311 e. The molecule has 0 fully saturated rings. The van der Waals surface area contributed by atoms with E-state index in [2.05, 4.69) is 116 Å². The van der Waals surface area contributed by atoms with Crippen LogP contribution in [0.15, 0.2) is 84.9 Å². The van der Waals surface area contributed by atoms with Crippen molar-refractivity contribution in [3.05, 3.63) is 107 Å². The molecule has 4 aromatic carbocycles. The number of hydrogen-bond acceptors (Lipinski definition) is 4. The first-order valence-corrected chi connectivity index (χ1v) is 14.6. The minimum atomic E-state index is -0.455. The van der Waals surface area contributed by atoms with Gasteiger partial charge in [-0.3, -0.25) is 4.79 Å². The van der Waals surface area contributed by atoms with Gasteiger partial charge in [0.25, 0.3) is 0 Å². The number of fused-ring (bicyclic) bond motifs is 1. The SMILES string of the molecule is CCN(CC)c1ccc(C(c2ccc(C)cc2)c2ccc(NCCOC(=O)C(C)(C)CC)c3ccccc23)cc1. The second kappa shape index (κ2) is 13.0. The topological polar surface area (TPSA) is 41.6 Å². The first-order chi connectivity index (χ1) is 19.3. The van der Waals surface area contributed by atoms with Gasteiger partial charge in [-0.25, -0.2) is 0 Å². The highest BCUT2D eigenvalue weighted by molar-refractivity contribution is 5.97. The molecule has 40 heavy (non-hydrogen) atoms. The normalized spacial score (nSPS) is 12.2. The molecule has 1 N–H and O–H groups in total. The summed E-state index contributed by atoms with van der Waals surface area (Å²) in [6.07, 6.45) is 0.756. The Morgan fingerprint density at radius 3 is 2.02 bits per heavy atom. The lowest BCUT2D eigenvalue weighted by molar-refractivity contribution is -0.153. The highest BCUT2D eigenvalue weighted by Crippen LogP contribution is 2.39. The van der Waals surface area contributed by atoms with E-state index in [1.165, 1.54) is 33.3 Å². The van der Waals surface area contributed by atoms with E-state index in [1.807, 2.05) is 20.8 Å². The Balaban J connectivity index is 1.68. The monoisotopic (exact) mass is 536 g/mol. The van der Waals surface area contributed by atoms with Crippen LogP contribution in [-0.4, -0.2) is 32.2 Å². The average molecular weight is 537 g/mol. The van der Waals surface area contributed by atoms with Crippen molar-refractivity contribution in [2.24, 2.45) is 5.41 Å². The van der Waals surface area contributed by atoms with E-state index < -0.39 is 5.41 Å². The van der Waals surface area contributed by atoms with Crippen molar-refractivity contribution in [3.63, 3.8) is 0 Å². The summed E-state index contributed by atoms with van der Waals surface area (Å²) in [4.78, 5) is 14.7. The van der Waals surface area contributed by atoms with Crippen molar-refractivity contribution in [3.8, 4) is 0 Å². The summed E-state index contributed by atoms with van der Waals surface area (Å²) in [5.74, 6) is -0.0486. The van der Waals surface area contributed by atoms with Crippen molar-refractivity contribution in [1.82, 2.24) is 0 Å². The highest BCUT2D eigenvalue weighted by atomic mass is 16.5. The van der Waals surface area contributed by atoms with Crippen molar-refractivity contribution in [2.75, 3.05) is 36.5 Å². The maximum atomic E-state index is 12.4. The molecular formula is C36H44N2O2. The van der Waals surface area contributed by atoms with E-state index >= 15 is 0 Å². The standard InChI is InChI=1S/C36H44N2O2/c1-7-36(5,6)35(39)40-25-24-37-33-23-22-32(30-12-10-11-13-31(30)33)34(27-16-14-26(4)15-17-27)28-18-20-29(21-19-28)38(8-2)9-3/h10-23,34,37H,7-9,24-25H2,1-6H3. The lowest BCUT2D eigenvalue weighted by atomic mass is 9.82. The summed E-state index contributed by atoms with van der Waals surface area (Å²) in [6.45, 7) is 15.3. The molecule has 1 unspecified atom stereocenters. The number of hydrogen-bond donors (Lipinski definition) is 1. The first-order valence-electron chi connectivity index (χ1n) is 14.6. The van der Waals surface area contributed by atoms with E-state index in [9.17, 15) is 4.79 Å². The Hall–Kier alpha value is -3.79. The molecule has 0 spiro atoms. The van der Waals surface area contributed by atoms with Crippen molar-refractivity contribution >= 4 is 28.1 Å². The van der Waals surface area contributed by atoms with Gasteiger partial charge in [0, 0.05) is 42.3 Å². The molecule has 0 saturated carbocycles. The lowest BCUT2D eigenvalue weighted by Gasteiger charge is -2.25. The molecule has 0 bridgehead atoms. The zero-order valence-electron chi connectivity index (χ0n) is 25.0. The van der Waals surface area contributed by atoms with E-state index in [0.717, 1.165) is 30.6 Å². The summed E-state index contributed by atoms with van der Waals surface area (Å²) in [6, 6.07) is 31.0. The van der Waals surface area contributed by atoms with Crippen LogP contribution < -0.4 is 10.2 Å². The number of ether oxygens (including phenoxy) is 1. The van der Waals surface area contributed by atoms with Crippen molar-refractivity contribution in [1.29, 1.82) is 0 Å². The Kier molecular flexibility index (Phi) is 9.52. The van der Waals surface area contributed by atoms with Gasteiger partial charge < -0.3 is 15.0 Å². The molecule has 0 aromatic heterocycles. The molecule has 4 aromatic rings. The fourth-order valence-corrected chi connectivity index (χ4v) is 5.17. The summed E-state index contributed by atoms with van der Waals surface area (Å²) < 4.78 is 5.56. The van der Waals surface area contributed by atoms with Crippen LogP contribution >= 0.6 is 0 Å². The third-order valence-electron chi connectivity index (χ3n) is 8.12. The number of benzene rings is 4. The summed E-state index contributed by atoms with van der Waals surface area (Å²) >= 11 is 0. The minimum absolute atomic E-state index is 0.0996. The summed E-state index contributed by atoms with van der Waals surface area (Å²) in [7, 11) is 0. The molecule has 4 nitrogen and oxygen atoms in total. The van der Waals surface area contributed by atoms with Crippen LogP contribution in [-0.2, 0) is 9.53 Å². The number of anilines is 2. The van der Waals surface area contributed by atoms with Gasteiger partial charge >= 0.3 is 5.97 Å². The predicted molar refractivity (Wildman–Crippen MR) is 170 cm³/mol. The zero-order valence-corrected chi connectivity index (χ0v) is 25.0. The van der Waals surface area contributed by atoms with Gasteiger partial charge in [-0.15, -0.1) is 0 Å². The Morgan fingerprint density at radius 1 is 0.825 bits per heavy atom. The summed E-state index contributed by atoms with van der Waals surface area (Å²) in [5.41, 5.74) is 6.92. The second-order valence-electron chi connectivity index (χ2n) is 11.2. The van der Waals surface area contributed by atoms with Crippen LogP contribution in [0, 0.1) is 12.3 Å². The molecule has 0 aliphatic heterocycles. The second-order valence-corrected chi connectivity index (χ2v) is 11.2. The molecule has 0 saturated heterocycles. The smallest absolute Gasteiger partial charge is 0.311 e. The number of aryl methyl sites for hydroxylation is 1. The minimum Gasteiger partial charge on any atom is -0.463 e. The van der Waals surface area contributed by atoms with Crippen molar-refractivity contribution in [2.45, 2.75) is 53.9 Å². The first kappa shape index (κ1) is 29.2. The number of nitrogens with one attached hydrogen (secondary N) is 1. The Bertz CT molecular complexity index is 1400. The van der Waals surface area contributed by atoms with E-state index in [-0.39, 0.29) is 11.9 Å². The van der Waals surface area contributed by atoms with Gasteiger partial charge in [-0.05, 0) is 81.3 Å². The molecular weight excluding hydrogens is 492 g/mol. The molecule has 1 atom stereocenters. The van der Waals surface area contributed by atoms with Gasteiger partial charge in [0.2, 0.25) is 0 Å². The van der Waals surface area contributed by atoms with E-state index in [0.29, 0.717) is 13.2 Å². The highest BCUT2D eigenvalue weighted by Gasteiger charge is 2.27. The van der Waals surface area contributed by atoms with Crippen LogP contribution in [0.2, 0.25) is 0 Å². The van der Waals surface area contributed by atoms with E-state index in [1.54, 1.807) is 0 Å². The fraction of sp³-hybridized carbons (Fsp3) is 0.361.